The van der Waals surface area contributed by atoms with Gasteiger partial charge in [-0.15, -0.1) is 0 Å². The molecule has 7 heteroatoms. The second-order valence-corrected chi connectivity index (χ2v) is 7.47. The Kier molecular flexibility index (Phi) is 5.23. The highest BCUT2D eigenvalue weighted by atomic mass is 32.2. The summed E-state index contributed by atoms with van der Waals surface area (Å²) >= 11 is 0. The number of aryl methyl sites for hydroxylation is 2. The van der Waals surface area contributed by atoms with Gasteiger partial charge in [0.15, 0.2) is 0 Å². The Hall–Kier alpha value is -2.41. The molecule has 1 amide bonds. The van der Waals surface area contributed by atoms with Crippen LogP contribution >= 0.6 is 0 Å². The molecule has 0 aliphatic heterocycles. The van der Waals surface area contributed by atoms with Crippen LogP contribution in [-0.2, 0) is 14.8 Å². The van der Waals surface area contributed by atoms with Crippen molar-refractivity contribution < 1.29 is 17.6 Å². The first-order valence-electron chi connectivity index (χ1n) is 7.28. The topological polar surface area (TPSA) is 66.5 Å². The Labute approximate surface area is 141 Å². The highest BCUT2D eigenvalue weighted by Crippen LogP contribution is 2.21. The zero-order valence-electron chi connectivity index (χ0n) is 13.7. The molecule has 0 saturated heterocycles. The minimum Gasteiger partial charge on any atom is -0.324 e. The SMILES string of the molecule is Cc1cccc(C)c1NC(=O)CN(c1cccc(F)c1)S(C)(=O)=O. The van der Waals surface area contributed by atoms with E-state index in [0.29, 0.717) is 5.69 Å². The number of sulfonamides is 1. The monoisotopic (exact) mass is 350 g/mol. The number of carbonyl (C=O) groups excluding carboxylic acids is 1. The van der Waals surface area contributed by atoms with Crippen LogP contribution in [0.15, 0.2) is 42.5 Å². The molecule has 0 aliphatic rings. The van der Waals surface area contributed by atoms with Crippen molar-refractivity contribution in [1.82, 2.24) is 0 Å². The number of amides is 1. The van der Waals surface area contributed by atoms with Crippen molar-refractivity contribution in [2.24, 2.45) is 0 Å². The molecule has 2 aromatic rings. The molecular weight excluding hydrogens is 331 g/mol. The predicted octanol–water partition coefficient (Wildman–Crippen LogP) is 2.85. The van der Waals surface area contributed by atoms with Crippen LogP contribution < -0.4 is 9.62 Å². The number of anilines is 2. The van der Waals surface area contributed by atoms with E-state index in [9.17, 15) is 17.6 Å². The van der Waals surface area contributed by atoms with Crippen molar-refractivity contribution in [1.29, 1.82) is 0 Å². The van der Waals surface area contributed by atoms with Crippen molar-refractivity contribution in [3.05, 3.63) is 59.4 Å². The average molecular weight is 350 g/mol. The molecule has 128 valence electrons. The summed E-state index contributed by atoms with van der Waals surface area (Å²) in [5.74, 6) is -1.07. The van der Waals surface area contributed by atoms with Crippen LogP contribution in [0.4, 0.5) is 15.8 Å². The molecule has 2 rings (SSSR count). The number of hydrogen-bond donors (Lipinski definition) is 1. The van der Waals surface area contributed by atoms with E-state index in [2.05, 4.69) is 5.32 Å². The summed E-state index contributed by atoms with van der Waals surface area (Å²) in [7, 11) is -3.74. The standard InChI is InChI=1S/C17H19FN2O3S/c1-12-6-4-7-13(2)17(12)19-16(21)11-20(24(3,22)23)15-9-5-8-14(18)10-15/h4-10H,11H2,1-3H3,(H,19,21). The second kappa shape index (κ2) is 7.00. The molecule has 0 unspecified atom stereocenters. The lowest BCUT2D eigenvalue weighted by molar-refractivity contribution is -0.114. The molecular formula is C17H19FN2O3S. The molecule has 0 spiro atoms. The Morgan fingerprint density at radius 2 is 1.71 bits per heavy atom. The zero-order chi connectivity index (χ0) is 17.9. The molecule has 0 radical (unpaired) electrons. The maximum Gasteiger partial charge on any atom is 0.245 e. The minimum atomic E-state index is -3.74. The Morgan fingerprint density at radius 3 is 2.25 bits per heavy atom. The van der Waals surface area contributed by atoms with E-state index < -0.39 is 28.3 Å². The normalized spacial score (nSPS) is 11.2. The van der Waals surface area contributed by atoms with Crippen molar-refractivity contribution in [2.75, 3.05) is 22.4 Å². The number of benzene rings is 2. The van der Waals surface area contributed by atoms with E-state index in [4.69, 9.17) is 0 Å². The summed E-state index contributed by atoms with van der Waals surface area (Å²) in [6.45, 7) is 3.27. The van der Waals surface area contributed by atoms with Crippen LogP contribution in [-0.4, -0.2) is 27.1 Å². The second-order valence-electron chi connectivity index (χ2n) is 5.56. The van der Waals surface area contributed by atoms with Crippen molar-refractivity contribution in [2.45, 2.75) is 13.8 Å². The van der Waals surface area contributed by atoms with E-state index in [1.165, 1.54) is 18.2 Å². The summed E-state index contributed by atoms with van der Waals surface area (Å²) in [6.07, 6.45) is 0.976. The summed E-state index contributed by atoms with van der Waals surface area (Å²) in [5, 5.41) is 2.73. The van der Waals surface area contributed by atoms with Crippen LogP contribution in [0.2, 0.25) is 0 Å². The molecule has 0 aromatic heterocycles. The summed E-state index contributed by atoms with van der Waals surface area (Å²) in [4.78, 5) is 12.3. The molecule has 24 heavy (non-hydrogen) atoms. The minimum absolute atomic E-state index is 0.106. The van der Waals surface area contributed by atoms with Crippen molar-refractivity contribution in [3.8, 4) is 0 Å². The summed E-state index contributed by atoms with van der Waals surface area (Å²) in [6, 6.07) is 10.7. The van der Waals surface area contributed by atoms with Gasteiger partial charge in [-0.3, -0.25) is 9.10 Å². The highest BCUT2D eigenvalue weighted by molar-refractivity contribution is 7.92. The van der Waals surface area contributed by atoms with Gasteiger partial charge in [0.25, 0.3) is 0 Å². The third kappa shape index (κ3) is 4.32. The maximum absolute atomic E-state index is 13.4. The average Bonchev–Trinajstić information content (AvgIpc) is 2.47. The fourth-order valence-electron chi connectivity index (χ4n) is 2.35. The van der Waals surface area contributed by atoms with Gasteiger partial charge in [0, 0.05) is 5.69 Å². The van der Waals surface area contributed by atoms with Gasteiger partial charge >= 0.3 is 0 Å². The van der Waals surface area contributed by atoms with Crippen LogP contribution in [0.1, 0.15) is 11.1 Å². The molecule has 5 nitrogen and oxygen atoms in total. The number of halogens is 1. The molecule has 0 aliphatic carbocycles. The molecule has 2 aromatic carbocycles. The van der Waals surface area contributed by atoms with Gasteiger partial charge in [-0.2, -0.15) is 0 Å². The van der Waals surface area contributed by atoms with E-state index in [1.54, 1.807) is 0 Å². The number of carbonyl (C=O) groups is 1. The number of para-hydroxylation sites is 1. The summed E-state index contributed by atoms with van der Waals surface area (Å²) in [5.41, 5.74) is 2.50. The molecule has 0 fully saturated rings. The number of hydrogen-bond acceptors (Lipinski definition) is 3. The van der Waals surface area contributed by atoms with Gasteiger partial charge in [-0.25, -0.2) is 12.8 Å². The lowest BCUT2D eigenvalue weighted by Gasteiger charge is -2.22. The third-order valence-corrected chi connectivity index (χ3v) is 4.67. The van der Waals surface area contributed by atoms with E-state index in [1.807, 2.05) is 32.0 Å². The van der Waals surface area contributed by atoms with E-state index >= 15 is 0 Å². The van der Waals surface area contributed by atoms with Crippen LogP contribution in [0.5, 0.6) is 0 Å². The summed E-state index contributed by atoms with van der Waals surface area (Å²) < 4.78 is 38.2. The van der Waals surface area contributed by atoms with Crippen molar-refractivity contribution in [3.63, 3.8) is 0 Å². The Bertz CT molecular complexity index is 846. The molecule has 0 atom stereocenters. The van der Waals surface area contributed by atoms with Gasteiger partial charge in [-0.1, -0.05) is 24.3 Å². The largest absolute Gasteiger partial charge is 0.324 e. The smallest absolute Gasteiger partial charge is 0.245 e. The highest BCUT2D eigenvalue weighted by Gasteiger charge is 2.21. The first kappa shape index (κ1) is 17.9. The zero-order valence-corrected chi connectivity index (χ0v) is 14.5. The quantitative estimate of drug-likeness (QED) is 0.902. The molecule has 1 N–H and O–H groups in total. The van der Waals surface area contributed by atoms with Gasteiger partial charge < -0.3 is 5.32 Å². The predicted molar refractivity (Wildman–Crippen MR) is 93.1 cm³/mol. The molecule has 0 saturated carbocycles. The van der Waals surface area contributed by atoms with Crippen LogP contribution in [0, 0.1) is 19.7 Å². The van der Waals surface area contributed by atoms with Gasteiger partial charge in [0.05, 0.1) is 11.9 Å². The Balaban J connectivity index is 2.26. The van der Waals surface area contributed by atoms with E-state index in [0.717, 1.165) is 27.8 Å². The number of nitrogens with zero attached hydrogens (tertiary/aromatic N) is 1. The Morgan fingerprint density at radius 1 is 1.12 bits per heavy atom. The lowest BCUT2D eigenvalue weighted by Crippen LogP contribution is -2.37. The maximum atomic E-state index is 13.4. The first-order chi connectivity index (χ1) is 11.2. The fourth-order valence-corrected chi connectivity index (χ4v) is 3.20. The lowest BCUT2D eigenvalue weighted by atomic mass is 10.1. The van der Waals surface area contributed by atoms with Gasteiger partial charge in [0.1, 0.15) is 12.4 Å². The first-order valence-corrected chi connectivity index (χ1v) is 9.12. The van der Waals surface area contributed by atoms with Crippen LogP contribution in [0.25, 0.3) is 0 Å². The molecule has 0 bridgehead atoms. The fraction of sp³-hybridized carbons (Fsp3) is 0.235. The van der Waals surface area contributed by atoms with Gasteiger partial charge in [0.2, 0.25) is 15.9 Å². The van der Waals surface area contributed by atoms with E-state index in [-0.39, 0.29) is 5.69 Å². The number of rotatable bonds is 5. The third-order valence-electron chi connectivity index (χ3n) is 3.53. The van der Waals surface area contributed by atoms with Gasteiger partial charge in [-0.05, 0) is 43.2 Å². The molecule has 0 heterocycles. The number of nitrogens with one attached hydrogen (secondary N) is 1. The van der Waals surface area contributed by atoms with Crippen LogP contribution in [0.3, 0.4) is 0 Å². The van der Waals surface area contributed by atoms with Crippen molar-refractivity contribution >= 4 is 27.3 Å².